The summed E-state index contributed by atoms with van der Waals surface area (Å²) in [6, 6.07) is 10.1. The zero-order valence-corrected chi connectivity index (χ0v) is 13.6. The van der Waals surface area contributed by atoms with E-state index in [1.54, 1.807) is 11.8 Å². The van der Waals surface area contributed by atoms with Crippen molar-refractivity contribution in [2.24, 2.45) is 0 Å². The molecule has 1 aliphatic heterocycles. The number of amides is 1. The number of benzene rings is 1. The third kappa shape index (κ3) is 3.44. The standard InChI is InChI=1S/C15H15BrN2OS/c1-2-7-20-15-13(9-17)12(8-14(19)18-15)10-3-5-11(16)6-4-10/h3-6,12H,2,7-8H2,1H3,(H,18,19). The van der Waals surface area contributed by atoms with Gasteiger partial charge in [0.25, 0.3) is 0 Å². The van der Waals surface area contributed by atoms with Crippen molar-refractivity contribution in [3.05, 3.63) is 44.9 Å². The molecule has 5 heteroatoms. The molecule has 1 N–H and O–H groups in total. The number of allylic oxidation sites excluding steroid dienone is 1. The summed E-state index contributed by atoms with van der Waals surface area (Å²) in [5.74, 6) is 0.741. The first-order valence-corrected chi connectivity index (χ1v) is 8.26. The molecule has 104 valence electrons. The number of rotatable bonds is 4. The minimum Gasteiger partial charge on any atom is -0.320 e. The molecule has 1 atom stereocenters. The van der Waals surface area contributed by atoms with E-state index in [0.717, 1.165) is 27.2 Å². The minimum absolute atomic E-state index is 0.0180. The second kappa shape index (κ2) is 6.96. The van der Waals surface area contributed by atoms with Crippen LogP contribution in [0, 0.1) is 11.3 Å². The highest BCUT2D eigenvalue weighted by atomic mass is 79.9. The second-order valence-corrected chi connectivity index (χ2v) is 6.58. The van der Waals surface area contributed by atoms with Gasteiger partial charge in [0.15, 0.2) is 0 Å². The van der Waals surface area contributed by atoms with Gasteiger partial charge in [-0.3, -0.25) is 4.79 Å². The summed E-state index contributed by atoms with van der Waals surface area (Å²) >= 11 is 4.95. The molecule has 0 aromatic heterocycles. The molecule has 3 nitrogen and oxygen atoms in total. The van der Waals surface area contributed by atoms with Crippen molar-refractivity contribution >= 4 is 33.6 Å². The van der Waals surface area contributed by atoms with Gasteiger partial charge in [-0.15, -0.1) is 11.8 Å². The molecule has 0 saturated carbocycles. The van der Waals surface area contributed by atoms with E-state index >= 15 is 0 Å². The Hall–Kier alpha value is -1.25. The van der Waals surface area contributed by atoms with E-state index in [0.29, 0.717) is 12.0 Å². The van der Waals surface area contributed by atoms with Gasteiger partial charge in [-0.25, -0.2) is 0 Å². The summed E-state index contributed by atoms with van der Waals surface area (Å²) in [5.41, 5.74) is 1.68. The lowest BCUT2D eigenvalue weighted by Gasteiger charge is -2.25. The number of nitrogens with one attached hydrogen (secondary N) is 1. The van der Waals surface area contributed by atoms with E-state index in [-0.39, 0.29) is 11.8 Å². The van der Waals surface area contributed by atoms with Gasteiger partial charge in [-0.05, 0) is 29.9 Å². The lowest BCUT2D eigenvalue weighted by molar-refractivity contribution is -0.120. The molecule has 0 aliphatic carbocycles. The maximum Gasteiger partial charge on any atom is 0.225 e. The number of hydrogen-bond donors (Lipinski definition) is 1. The Labute approximate surface area is 131 Å². The molecule has 0 bridgehead atoms. The molecule has 1 aromatic rings. The molecule has 20 heavy (non-hydrogen) atoms. The Kier molecular flexibility index (Phi) is 5.27. The SMILES string of the molecule is CCCSC1=C(C#N)C(c2ccc(Br)cc2)CC(=O)N1. The number of nitrogens with zero attached hydrogens (tertiary/aromatic N) is 1. The number of halogens is 1. The summed E-state index contributed by atoms with van der Waals surface area (Å²) in [4.78, 5) is 11.9. The fourth-order valence-corrected chi connectivity index (χ4v) is 3.32. The van der Waals surface area contributed by atoms with Crippen molar-refractivity contribution in [1.82, 2.24) is 5.32 Å². The Balaban J connectivity index is 2.37. The minimum atomic E-state index is -0.138. The first kappa shape index (κ1) is 15.1. The van der Waals surface area contributed by atoms with E-state index < -0.39 is 0 Å². The molecule has 2 rings (SSSR count). The van der Waals surface area contributed by atoms with Crippen LogP contribution in [0.4, 0.5) is 0 Å². The van der Waals surface area contributed by atoms with Crippen molar-refractivity contribution in [2.75, 3.05) is 5.75 Å². The summed E-state index contributed by atoms with van der Waals surface area (Å²) in [6.45, 7) is 2.08. The van der Waals surface area contributed by atoms with Crippen LogP contribution in [0.2, 0.25) is 0 Å². The van der Waals surface area contributed by atoms with E-state index in [1.165, 1.54) is 0 Å². The lowest BCUT2D eigenvalue weighted by atomic mass is 9.87. The average Bonchev–Trinajstić information content (AvgIpc) is 2.45. The highest BCUT2D eigenvalue weighted by molar-refractivity contribution is 9.10. The van der Waals surface area contributed by atoms with E-state index in [1.807, 2.05) is 24.3 Å². The van der Waals surface area contributed by atoms with Crippen LogP contribution in [0.3, 0.4) is 0 Å². The lowest BCUT2D eigenvalue weighted by Crippen LogP contribution is -2.30. The largest absolute Gasteiger partial charge is 0.320 e. The van der Waals surface area contributed by atoms with Crippen molar-refractivity contribution in [3.63, 3.8) is 0 Å². The Morgan fingerprint density at radius 2 is 2.15 bits per heavy atom. The van der Waals surface area contributed by atoms with Crippen molar-refractivity contribution < 1.29 is 4.79 Å². The fourth-order valence-electron chi connectivity index (χ4n) is 2.12. The van der Waals surface area contributed by atoms with Crippen molar-refractivity contribution in [3.8, 4) is 6.07 Å². The van der Waals surface area contributed by atoms with Crippen LogP contribution in [-0.2, 0) is 4.79 Å². The molecule has 1 aromatic carbocycles. The monoisotopic (exact) mass is 350 g/mol. The molecular formula is C15H15BrN2OS. The summed E-state index contributed by atoms with van der Waals surface area (Å²) in [5, 5.41) is 13.0. The maximum absolute atomic E-state index is 11.9. The Morgan fingerprint density at radius 3 is 2.75 bits per heavy atom. The molecule has 1 heterocycles. The second-order valence-electron chi connectivity index (χ2n) is 4.56. The maximum atomic E-state index is 11.9. The van der Waals surface area contributed by atoms with Crippen LogP contribution in [0.1, 0.15) is 31.2 Å². The predicted molar refractivity (Wildman–Crippen MR) is 85.0 cm³/mol. The smallest absolute Gasteiger partial charge is 0.225 e. The van der Waals surface area contributed by atoms with Gasteiger partial charge in [0.2, 0.25) is 5.91 Å². The van der Waals surface area contributed by atoms with Crippen molar-refractivity contribution in [1.29, 1.82) is 5.26 Å². The summed E-state index contributed by atoms with van der Waals surface area (Å²) < 4.78 is 0.990. The van der Waals surface area contributed by atoms with Gasteiger partial charge in [0, 0.05) is 16.8 Å². The van der Waals surface area contributed by atoms with Crippen LogP contribution in [0.15, 0.2) is 39.3 Å². The molecule has 1 amide bonds. The molecule has 0 spiro atoms. The van der Waals surface area contributed by atoms with Crippen LogP contribution >= 0.6 is 27.7 Å². The van der Waals surface area contributed by atoms with Gasteiger partial charge < -0.3 is 5.32 Å². The molecule has 0 radical (unpaired) electrons. The Bertz CT molecular complexity index is 575. The van der Waals surface area contributed by atoms with Crippen LogP contribution < -0.4 is 5.32 Å². The molecule has 1 aliphatic rings. The summed E-state index contributed by atoms with van der Waals surface area (Å²) in [7, 11) is 0. The quantitative estimate of drug-likeness (QED) is 0.894. The van der Waals surface area contributed by atoms with Gasteiger partial charge in [0.05, 0.1) is 16.7 Å². The zero-order valence-electron chi connectivity index (χ0n) is 11.1. The summed E-state index contributed by atoms with van der Waals surface area (Å²) in [6.07, 6.45) is 1.34. The van der Waals surface area contributed by atoms with Gasteiger partial charge >= 0.3 is 0 Å². The highest BCUT2D eigenvalue weighted by Gasteiger charge is 2.29. The van der Waals surface area contributed by atoms with Gasteiger partial charge in [0.1, 0.15) is 0 Å². The van der Waals surface area contributed by atoms with Gasteiger partial charge in [-0.2, -0.15) is 5.26 Å². The molecule has 1 unspecified atom stereocenters. The molecule has 0 fully saturated rings. The molecule has 0 saturated heterocycles. The van der Waals surface area contributed by atoms with Crippen LogP contribution in [0.25, 0.3) is 0 Å². The zero-order chi connectivity index (χ0) is 14.5. The third-order valence-corrected chi connectivity index (χ3v) is 4.83. The number of carbonyl (C=O) groups excluding carboxylic acids is 1. The number of nitriles is 1. The first-order valence-electron chi connectivity index (χ1n) is 6.48. The third-order valence-electron chi connectivity index (χ3n) is 3.08. The fraction of sp³-hybridized carbons (Fsp3) is 0.333. The average molecular weight is 351 g/mol. The topological polar surface area (TPSA) is 52.9 Å². The number of thioether (sulfide) groups is 1. The van der Waals surface area contributed by atoms with Crippen molar-refractivity contribution in [2.45, 2.75) is 25.7 Å². The van der Waals surface area contributed by atoms with E-state index in [4.69, 9.17) is 0 Å². The van der Waals surface area contributed by atoms with Gasteiger partial charge in [-0.1, -0.05) is 35.0 Å². The van der Waals surface area contributed by atoms with E-state index in [9.17, 15) is 10.1 Å². The first-order chi connectivity index (χ1) is 9.65. The highest BCUT2D eigenvalue weighted by Crippen LogP contribution is 2.36. The normalized spacial score (nSPS) is 18.6. The number of carbonyl (C=O) groups is 1. The van der Waals surface area contributed by atoms with Crippen LogP contribution in [0.5, 0.6) is 0 Å². The van der Waals surface area contributed by atoms with Crippen LogP contribution in [-0.4, -0.2) is 11.7 Å². The molecular weight excluding hydrogens is 336 g/mol. The van der Waals surface area contributed by atoms with E-state index in [2.05, 4.69) is 34.2 Å². The number of hydrogen-bond acceptors (Lipinski definition) is 3. The Morgan fingerprint density at radius 1 is 1.45 bits per heavy atom. The predicted octanol–water partition coefficient (Wildman–Crippen LogP) is 3.93.